The number of likely N-dealkylation sites (tertiary alicyclic amines) is 1. The van der Waals surface area contributed by atoms with Crippen LogP contribution in [0.25, 0.3) is 0 Å². The van der Waals surface area contributed by atoms with E-state index in [1.807, 2.05) is 22.4 Å². The van der Waals surface area contributed by atoms with Crippen molar-refractivity contribution in [3.63, 3.8) is 0 Å². The van der Waals surface area contributed by atoms with Gasteiger partial charge in [-0.2, -0.15) is 0 Å². The number of anilines is 1. The van der Waals surface area contributed by atoms with Crippen LogP contribution in [0.4, 0.5) is 5.95 Å². The standard InChI is InChI=1S/C18H22N4O2S/c23-16(9-15-3-1-8-25-15)22-12-18(13-22)5-4-14(11-24-18)10-21-17-19-6-2-7-20-17/h1-3,6-8,14H,4-5,9-13H2,(H,19,20,21). The summed E-state index contributed by atoms with van der Waals surface area (Å²) in [5.41, 5.74) is -0.106. The molecule has 25 heavy (non-hydrogen) atoms. The van der Waals surface area contributed by atoms with E-state index in [-0.39, 0.29) is 11.5 Å². The van der Waals surface area contributed by atoms with Crippen molar-refractivity contribution in [2.45, 2.75) is 24.9 Å². The summed E-state index contributed by atoms with van der Waals surface area (Å²) in [6.07, 6.45) is 6.09. The Balaban J connectivity index is 1.20. The maximum atomic E-state index is 12.3. The fourth-order valence-corrected chi connectivity index (χ4v) is 4.15. The Morgan fingerprint density at radius 3 is 2.88 bits per heavy atom. The molecule has 132 valence electrons. The van der Waals surface area contributed by atoms with Crippen LogP contribution in [0.1, 0.15) is 17.7 Å². The topological polar surface area (TPSA) is 67.4 Å². The highest BCUT2D eigenvalue weighted by Crippen LogP contribution is 2.36. The first-order chi connectivity index (χ1) is 12.2. The quantitative estimate of drug-likeness (QED) is 0.887. The second-order valence-corrected chi connectivity index (χ2v) is 7.89. The summed E-state index contributed by atoms with van der Waals surface area (Å²) in [4.78, 5) is 23.7. The molecule has 2 aromatic heterocycles. The largest absolute Gasteiger partial charge is 0.371 e. The molecule has 1 unspecified atom stereocenters. The Morgan fingerprint density at radius 1 is 1.36 bits per heavy atom. The van der Waals surface area contributed by atoms with Gasteiger partial charge in [-0.3, -0.25) is 4.79 Å². The molecule has 1 N–H and O–H groups in total. The van der Waals surface area contributed by atoms with Crippen molar-refractivity contribution in [2.24, 2.45) is 5.92 Å². The lowest BCUT2D eigenvalue weighted by atomic mass is 9.82. The molecule has 7 heteroatoms. The molecule has 0 radical (unpaired) electrons. The van der Waals surface area contributed by atoms with Crippen molar-refractivity contribution in [3.8, 4) is 0 Å². The minimum atomic E-state index is -0.106. The maximum Gasteiger partial charge on any atom is 0.228 e. The monoisotopic (exact) mass is 358 g/mol. The van der Waals surface area contributed by atoms with Crippen LogP contribution in [-0.2, 0) is 16.0 Å². The van der Waals surface area contributed by atoms with Crippen molar-refractivity contribution in [1.29, 1.82) is 0 Å². The molecular formula is C18H22N4O2S. The number of hydrogen-bond donors (Lipinski definition) is 1. The molecule has 1 spiro atoms. The van der Waals surface area contributed by atoms with Gasteiger partial charge in [0.25, 0.3) is 0 Å². The van der Waals surface area contributed by atoms with Crippen molar-refractivity contribution >= 4 is 23.2 Å². The van der Waals surface area contributed by atoms with Crippen LogP contribution in [0.15, 0.2) is 36.0 Å². The molecule has 0 aromatic carbocycles. The highest BCUT2D eigenvalue weighted by molar-refractivity contribution is 7.10. The number of thiophene rings is 1. The van der Waals surface area contributed by atoms with Crippen LogP contribution in [0.5, 0.6) is 0 Å². The molecule has 4 rings (SSSR count). The zero-order valence-electron chi connectivity index (χ0n) is 14.1. The van der Waals surface area contributed by atoms with Gasteiger partial charge in [0.1, 0.15) is 5.60 Å². The number of nitrogens with one attached hydrogen (secondary N) is 1. The van der Waals surface area contributed by atoms with Gasteiger partial charge in [-0.05, 0) is 36.3 Å². The van der Waals surface area contributed by atoms with Crippen LogP contribution in [0.2, 0.25) is 0 Å². The van der Waals surface area contributed by atoms with E-state index < -0.39 is 0 Å². The van der Waals surface area contributed by atoms with Gasteiger partial charge < -0.3 is 15.0 Å². The normalized spacial score (nSPS) is 21.8. The number of ether oxygens (including phenoxy) is 1. The van der Waals surface area contributed by atoms with Crippen molar-refractivity contribution < 1.29 is 9.53 Å². The van der Waals surface area contributed by atoms with Gasteiger partial charge in [0, 0.05) is 23.8 Å². The fourth-order valence-electron chi connectivity index (χ4n) is 3.45. The van der Waals surface area contributed by atoms with Gasteiger partial charge in [-0.25, -0.2) is 9.97 Å². The molecule has 4 heterocycles. The van der Waals surface area contributed by atoms with Gasteiger partial charge in [0.15, 0.2) is 0 Å². The lowest BCUT2D eigenvalue weighted by Crippen LogP contribution is -2.66. The molecular weight excluding hydrogens is 336 g/mol. The number of carbonyl (C=O) groups is 1. The lowest BCUT2D eigenvalue weighted by Gasteiger charge is -2.52. The molecule has 6 nitrogen and oxygen atoms in total. The third kappa shape index (κ3) is 3.82. The third-order valence-electron chi connectivity index (χ3n) is 4.96. The first-order valence-electron chi connectivity index (χ1n) is 8.67. The van der Waals surface area contributed by atoms with Crippen LogP contribution < -0.4 is 5.32 Å². The Morgan fingerprint density at radius 2 is 2.20 bits per heavy atom. The van der Waals surface area contributed by atoms with Crippen LogP contribution in [0, 0.1) is 5.92 Å². The first-order valence-corrected chi connectivity index (χ1v) is 9.55. The van der Waals surface area contributed by atoms with Gasteiger partial charge in [-0.15, -0.1) is 11.3 Å². The van der Waals surface area contributed by atoms with E-state index in [0.717, 1.165) is 44.0 Å². The molecule has 0 aliphatic carbocycles. The second-order valence-electron chi connectivity index (χ2n) is 6.86. The van der Waals surface area contributed by atoms with E-state index in [4.69, 9.17) is 4.74 Å². The van der Waals surface area contributed by atoms with Crippen LogP contribution >= 0.6 is 11.3 Å². The van der Waals surface area contributed by atoms with E-state index in [1.54, 1.807) is 29.8 Å². The molecule has 2 aromatic rings. The molecule has 2 aliphatic rings. The summed E-state index contributed by atoms with van der Waals surface area (Å²) in [7, 11) is 0. The smallest absolute Gasteiger partial charge is 0.228 e. The number of rotatable bonds is 5. The second kappa shape index (κ2) is 7.09. The van der Waals surface area contributed by atoms with E-state index in [9.17, 15) is 4.79 Å². The predicted molar refractivity (Wildman–Crippen MR) is 96.5 cm³/mol. The van der Waals surface area contributed by atoms with E-state index in [2.05, 4.69) is 15.3 Å². The number of aromatic nitrogens is 2. The highest BCUT2D eigenvalue weighted by atomic mass is 32.1. The number of hydrogen-bond acceptors (Lipinski definition) is 6. The van der Waals surface area contributed by atoms with Crippen molar-refractivity contribution in [1.82, 2.24) is 14.9 Å². The molecule has 2 saturated heterocycles. The molecule has 0 saturated carbocycles. The van der Waals surface area contributed by atoms with Crippen LogP contribution in [-0.4, -0.2) is 52.6 Å². The summed E-state index contributed by atoms with van der Waals surface area (Å²) in [5.74, 6) is 1.34. The summed E-state index contributed by atoms with van der Waals surface area (Å²) >= 11 is 1.64. The van der Waals surface area contributed by atoms with Gasteiger partial charge in [0.05, 0.1) is 26.1 Å². The Kier molecular flexibility index (Phi) is 4.67. The summed E-state index contributed by atoms with van der Waals surface area (Å²) in [6, 6.07) is 5.81. The maximum absolute atomic E-state index is 12.3. The predicted octanol–water partition coefficient (Wildman–Crippen LogP) is 2.20. The average Bonchev–Trinajstić information content (AvgIpc) is 3.12. The summed E-state index contributed by atoms with van der Waals surface area (Å²) in [6.45, 7) is 3.02. The molecule has 1 atom stereocenters. The molecule has 1 amide bonds. The SMILES string of the molecule is O=C(Cc1cccs1)N1CC2(CCC(CNc3ncccn3)CO2)C1. The first kappa shape index (κ1) is 16.5. The van der Waals surface area contributed by atoms with Gasteiger partial charge in [-0.1, -0.05) is 6.07 Å². The summed E-state index contributed by atoms with van der Waals surface area (Å²) in [5, 5.41) is 5.28. The van der Waals surface area contributed by atoms with E-state index in [0.29, 0.717) is 18.3 Å². The highest BCUT2D eigenvalue weighted by Gasteiger charge is 2.48. The lowest BCUT2D eigenvalue weighted by molar-refractivity contribution is -0.187. The number of carbonyl (C=O) groups excluding carboxylic acids is 1. The summed E-state index contributed by atoms with van der Waals surface area (Å²) < 4.78 is 6.15. The Bertz CT molecular complexity index is 691. The minimum Gasteiger partial charge on any atom is -0.371 e. The minimum absolute atomic E-state index is 0.106. The van der Waals surface area contributed by atoms with Crippen molar-refractivity contribution in [2.75, 3.05) is 31.6 Å². The van der Waals surface area contributed by atoms with E-state index in [1.165, 1.54) is 0 Å². The van der Waals surface area contributed by atoms with Gasteiger partial charge >= 0.3 is 0 Å². The van der Waals surface area contributed by atoms with E-state index >= 15 is 0 Å². The van der Waals surface area contributed by atoms with Crippen molar-refractivity contribution in [3.05, 3.63) is 40.8 Å². The van der Waals surface area contributed by atoms with Crippen LogP contribution in [0.3, 0.4) is 0 Å². The number of nitrogens with zero attached hydrogens (tertiary/aromatic N) is 3. The molecule has 2 fully saturated rings. The zero-order valence-corrected chi connectivity index (χ0v) is 14.9. The third-order valence-corrected chi connectivity index (χ3v) is 5.84. The fraction of sp³-hybridized carbons (Fsp3) is 0.500. The zero-order chi connectivity index (χ0) is 17.1. The van der Waals surface area contributed by atoms with Gasteiger partial charge in [0.2, 0.25) is 11.9 Å². The Labute approximate surface area is 151 Å². The average molecular weight is 358 g/mol. The molecule has 2 aliphatic heterocycles. The molecule has 0 bridgehead atoms. The number of amides is 1. The Hall–Kier alpha value is -1.99.